The normalized spacial score (nSPS) is 18.9. The second kappa shape index (κ2) is 7.12. The van der Waals surface area contributed by atoms with Crippen LogP contribution >= 0.6 is 0 Å². The number of likely N-dealkylation sites (tertiary alicyclic amines) is 1. The van der Waals surface area contributed by atoms with E-state index in [1.165, 1.54) is 12.8 Å². The fourth-order valence-electron chi connectivity index (χ4n) is 2.59. The minimum absolute atomic E-state index is 0.137. The highest BCUT2D eigenvalue weighted by Gasteiger charge is 2.22. The lowest BCUT2D eigenvalue weighted by Crippen LogP contribution is -2.38. The summed E-state index contributed by atoms with van der Waals surface area (Å²) >= 11 is 0. The number of amides is 1. The molecule has 106 valence electrons. The SMILES string of the molecule is CC1CCCCCN1C(=O)c1ccc(C#CCN)cc1. The van der Waals surface area contributed by atoms with E-state index >= 15 is 0 Å². The maximum absolute atomic E-state index is 12.6. The molecule has 20 heavy (non-hydrogen) atoms. The van der Waals surface area contributed by atoms with Gasteiger partial charge >= 0.3 is 0 Å². The lowest BCUT2D eigenvalue weighted by Gasteiger charge is -2.27. The predicted octanol–water partition coefficient (Wildman–Crippen LogP) is 2.40. The van der Waals surface area contributed by atoms with Crippen LogP contribution in [0.1, 0.15) is 48.5 Å². The molecule has 1 saturated heterocycles. The number of hydrogen-bond donors (Lipinski definition) is 1. The van der Waals surface area contributed by atoms with E-state index in [1.807, 2.05) is 29.2 Å². The molecule has 0 spiro atoms. The summed E-state index contributed by atoms with van der Waals surface area (Å²) in [6.07, 6.45) is 4.65. The molecule has 1 aliphatic rings. The highest BCUT2D eigenvalue weighted by Crippen LogP contribution is 2.19. The molecule has 3 nitrogen and oxygen atoms in total. The van der Waals surface area contributed by atoms with E-state index in [9.17, 15) is 4.79 Å². The van der Waals surface area contributed by atoms with Crippen molar-refractivity contribution in [2.45, 2.75) is 38.6 Å². The van der Waals surface area contributed by atoms with Crippen LogP contribution in [0.5, 0.6) is 0 Å². The van der Waals surface area contributed by atoms with Gasteiger partial charge in [0.05, 0.1) is 6.54 Å². The summed E-state index contributed by atoms with van der Waals surface area (Å²) in [6, 6.07) is 7.83. The molecule has 1 unspecified atom stereocenters. The zero-order valence-corrected chi connectivity index (χ0v) is 12.1. The van der Waals surface area contributed by atoms with Crippen LogP contribution < -0.4 is 5.73 Å². The number of hydrogen-bond acceptors (Lipinski definition) is 2. The van der Waals surface area contributed by atoms with Crippen LogP contribution in [-0.2, 0) is 0 Å². The molecule has 0 saturated carbocycles. The zero-order chi connectivity index (χ0) is 14.4. The fourth-order valence-corrected chi connectivity index (χ4v) is 2.59. The molecule has 1 heterocycles. The lowest BCUT2D eigenvalue weighted by molar-refractivity contribution is 0.0698. The van der Waals surface area contributed by atoms with Gasteiger partial charge in [0.1, 0.15) is 0 Å². The van der Waals surface area contributed by atoms with Crippen LogP contribution in [0.25, 0.3) is 0 Å². The summed E-state index contributed by atoms with van der Waals surface area (Å²) in [4.78, 5) is 14.6. The minimum atomic E-state index is 0.137. The Kier molecular flexibility index (Phi) is 5.20. The summed E-state index contributed by atoms with van der Waals surface area (Å²) in [6.45, 7) is 3.37. The Morgan fingerprint density at radius 3 is 2.75 bits per heavy atom. The van der Waals surface area contributed by atoms with Crippen LogP contribution in [-0.4, -0.2) is 29.9 Å². The molecule has 1 aromatic rings. The Bertz CT molecular complexity index is 510. The summed E-state index contributed by atoms with van der Waals surface area (Å²) in [5.41, 5.74) is 6.99. The number of nitrogens with zero attached hydrogens (tertiary/aromatic N) is 1. The average molecular weight is 270 g/mol. The van der Waals surface area contributed by atoms with Crippen molar-refractivity contribution in [3.8, 4) is 11.8 Å². The molecule has 1 atom stereocenters. The van der Waals surface area contributed by atoms with Crippen LogP contribution in [0, 0.1) is 11.8 Å². The second-order valence-corrected chi connectivity index (χ2v) is 5.28. The van der Waals surface area contributed by atoms with Crippen LogP contribution in [0.4, 0.5) is 0 Å². The van der Waals surface area contributed by atoms with Gasteiger partial charge in [0, 0.05) is 23.7 Å². The van der Waals surface area contributed by atoms with E-state index < -0.39 is 0 Å². The van der Waals surface area contributed by atoms with E-state index in [0.717, 1.165) is 30.5 Å². The van der Waals surface area contributed by atoms with E-state index in [1.54, 1.807) is 0 Å². The van der Waals surface area contributed by atoms with E-state index in [4.69, 9.17) is 5.73 Å². The topological polar surface area (TPSA) is 46.3 Å². The van der Waals surface area contributed by atoms with Crippen molar-refractivity contribution in [1.29, 1.82) is 0 Å². The zero-order valence-electron chi connectivity index (χ0n) is 12.1. The van der Waals surface area contributed by atoms with E-state index in [0.29, 0.717) is 12.6 Å². The monoisotopic (exact) mass is 270 g/mol. The number of nitrogens with two attached hydrogens (primary N) is 1. The first-order valence-electron chi connectivity index (χ1n) is 7.32. The largest absolute Gasteiger partial charge is 0.336 e. The molecule has 2 N–H and O–H groups in total. The van der Waals surface area contributed by atoms with Crippen LogP contribution in [0.2, 0.25) is 0 Å². The molecule has 0 bridgehead atoms. The van der Waals surface area contributed by atoms with Crippen molar-refractivity contribution >= 4 is 5.91 Å². The van der Waals surface area contributed by atoms with Gasteiger partial charge in [0.2, 0.25) is 0 Å². The van der Waals surface area contributed by atoms with Gasteiger partial charge in [-0.1, -0.05) is 24.7 Å². The van der Waals surface area contributed by atoms with Gasteiger partial charge in [0.15, 0.2) is 0 Å². The quantitative estimate of drug-likeness (QED) is 0.797. The maximum Gasteiger partial charge on any atom is 0.254 e. The Morgan fingerprint density at radius 2 is 2.05 bits per heavy atom. The van der Waals surface area contributed by atoms with Crippen molar-refractivity contribution in [3.05, 3.63) is 35.4 Å². The van der Waals surface area contributed by atoms with Gasteiger partial charge < -0.3 is 10.6 Å². The van der Waals surface area contributed by atoms with Crippen molar-refractivity contribution in [3.63, 3.8) is 0 Å². The van der Waals surface area contributed by atoms with E-state index in [-0.39, 0.29) is 5.91 Å². The van der Waals surface area contributed by atoms with Gasteiger partial charge in [-0.3, -0.25) is 4.79 Å². The highest BCUT2D eigenvalue weighted by molar-refractivity contribution is 5.94. The van der Waals surface area contributed by atoms with Gasteiger partial charge in [-0.15, -0.1) is 0 Å². The molecule has 0 aliphatic carbocycles. The van der Waals surface area contributed by atoms with E-state index in [2.05, 4.69) is 18.8 Å². The molecule has 0 radical (unpaired) electrons. The summed E-state index contributed by atoms with van der Waals surface area (Å²) in [5, 5.41) is 0. The van der Waals surface area contributed by atoms with Crippen molar-refractivity contribution in [1.82, 2.24) is 4.90 Å². The molecule has 1 fully saturated rings. The van der Waals surface area contributed by atoms with Gasteiger partial charge in [-0.2, -0.15) is 0 Å². The van der Waals surface area contributed by atoms with Crippen LogP contribution in [0.3, 0.4) is 0 Å². The van der Waals surface area contributed by atoms with Crippen LogP contribution in [0.15, 0.2) is 24.3 Å². The molecule has 1 aliphatic heterocycles. The number of carbonyl (C=O) groups excluding carboxylic acids is 1. The van der Waals surface area contributed by atoms with Gasteiger partial charge in [0.25, 0.3) is 5.91 Å². The standard InChI is InChI=1S/C17H22N2O/c1-14-6-3-2-4-13-19(14)17(20)16-10-8-15(9-11-16)7-5-12-18/h8-11,14H,2-4,6,12-13,18H2,1H3. The van der Waals surface area contributed by atoms with Gasteiger partial charge in [-0.25, -0.2) is 0 Å². The van der Waals surface area contributed by atoms with Crippen molar-refractivity contribution in [2.75, 3.05) is 13.1 Å². The molecular weight excluding hydrogens is 248 g/mol. The molecular formula is C17H22N2O. The predicted molar refractivity (Wildman–Crippen MR) is 81.3 cm³/mol. The Labute approximate surface area is 121 Å². The Hall–Kier alpha value is -1.79. The van der Waals surface area contributed by atoms with Gasteiger partial charge in [-0.05, 0) is 44.0 Å². The second-order valence-electron chi connectivity index (χ2n) is 5.28. The molecule has 2 rings (SSSR count). The highest BCUT2D eigenvalue weighted by atomic mass is 16.2. The first-order valence-corrected chi connectivity index (χ1v) is 7.32. The van der Waals surface area contributed by atoms with Crippen molar-refractivity contribution in [2.24, 2.45) is 5.73 Å². The van der Waals surface area contributed by atoms with Crippen molar-refractivity contribution < 1.29 is 4.79 Å². The smallest absolute Gasteiger partial charge is 0.254 e. The Morgan fingerprint density at radius 1 is 1.30 bits per heavy atom. The minimum Gasteiger partial charge on any atom is -0.336 e. The lowest BCUT2D eigenvalue weighted by atomic mass is 10.1. The summed E-state index contributed by atoms with van der Waals surface area (Å²) in [5.74, 6) is 5.92. The third-order valence-electron chi connectivity index (χ3n) is 3.78. The molecule has 1 amide bonds. The Balaban J connectivity index is 2.11. The first-order chi connectivity index (χ1) is 9.72. The third-order valence-corrected chi connectivity index (χ3v) is 3.78. The first kappa shape index (κ1) is 14.6. The molecule has 1 aromatic carbocycles. The third kappa shape index (κ3) is 3.61. The summed E-state index contributed by atoms with van der Waals surface area (Å²) < 4.78 is 0. The maximum atomic E-state index is 12.6. The molecule has 3 heteroatoms. The molecule has 0 aromatic heterocycles. The average Bonchev–Trinajstić information content (AvgIpc) is 2.69. The fraction of sp³-hybridized carbons (Fsp3) is 0.471. The number of rotatable bonds is 1. The summed E-state index contributed by atoms with van der Waals surface area (Å²) in [7, 11) is 0. The number of benzene rings is 1. The number of carbonyl (C=O) groups is 1.